The third kappa shape index (κ3) is 2.90. The molecule has 1 saturated heterocycles. The lowest BCUT2D eigenvalue weighted by Crippen LogP contribution is -2.45. The monoisotopic (exact) mass is 385 g/mol. The van der Waals surface area contributed by atoms with Crippen molar-refractivity contribution in [2.24, 2.45) is 0 Å². The van der Waals surface area contributed by atoms with Crippen LogP contribution in [0, 0.1) is 0 Å². The second kappa shape index (κ2) is 6.79. The number of hydrogen-bond acceptors (Lipinski definition) is 6. The van der Waals surface area contributed by atoms with E-state index in [0.29, 0.717) is 11.4 Å². The van der Waals surface area contributed by atoms with Gasteiger partial charge in [0.25, 0.3) is 0 Å². The summed E-state index contributed by atoms with van der Waals surface area (Å²) in [6, 6.07) is 8.03. The minimum Gasteiger partial charge on any atom is -0.497 e. The first kappa shape index (κ1) is 17.7. The summed E-state index contributed by atoms with van der Waals surface area (Å²) >= 11 is 1.73. The van der Waals surface area contributed by atoms with Gasteiger partial charge in [-0.15, -0.1) is 11.3 Å². The normalized spacial score (nSPS) is 20.4. The predicted molar refractivity (Wildman–Crippen MR) is 101 cm³/mol. The van der Waals surface area contributed by atoms with Gasteiger partial charge in [0.2, 0.25) is 0 Å². The first-order chi connectivity index (χ1) is 13.0. The Morgan fingerprint density at radius 3 is 2.56 bits per heavy atom. The van der Waals surface area contributed by atoms with Gasteiger partial charge in [0.1, 0.15) is 5.75 Å². The number of amides is 4. The number of imide groups is 2. The summed E-state index contributed by atoms with van der Waals surface area (Å²) in [5.74, 6) is -1.01. The average molecular weight is 385 g/mol. The van der Waals surface area contributed by atoms with Crippen molar-refractivity contribution in [3.63, 3.8) is 0 Å². The van der Waals surface area contributed by atoms with Crippen LogP contribution in [0.2, 0.25) is 0 Å². The summed E-state index contributed by atoms with van der Waals surface area (Å²) in [4.78, 5) is 43.0. The molecule has 2 aromatic rings. The van der Waals surface area contributed by atoms with Gasteiger partial charge in [-0.1, -0.05) is 0 Å². The number of thiophene rings is 1. The fraction of sp³-hybridized carbons (Fsp3) is 0.316. The molecule has 0 spiro atoms. The summed E-state index contributed by atoms with van der Waals surface area (Å²) in [5, 5.41) is 2.06. The molecule has 3 heterocycles. The van der Waals surface area contributed by atoms with E-state index < -0.39 is 17.8 Å². The van der Waals surface area contributed by atoms with Crippen LogP contribution in [0.5, 0.6) is 5.75 Å². The Kier molecular flexibility index (Phi) is 4.45. The van der Waals surface area contributed by atoms with Crippen LogP contribution in [0.4, 0.5) is 10.5 Å². The molecule has 1 fully saturated rings. The Balaban J connectivity index is 1.55. The molecule has 0 bridgehead atoms. The molecule has 0 radical (unpaired) electrons. The highest BCUT2D eigenvalue weighted by Gasteiger charge is 2.46. The number of carbonyl (C=O) groups is 3. The van der Waals surface area contributed by atoms with E-state index in [1.165, 1.54) is 17.6 Å². The zero-order valence-electron chi connectivity index (χ0n) is 15.0. The van der Waals surface area contributed by atoms with Crippen LogP contribution in [-0.4, -0.2) is 48.0 Å². The molecule has 140 valence electrons. The van der Waals surface area contributed by atoms with Crippen molar-refractivity contribution in [3.05, 3.63) is 46.2 Å². The zero-order valence-corrected chi connectivity index (χ0v) is 15.9. The smallest absolute Gasteiger partial charge is 0.340 e. The van der Waals surface area contributed by atoms with Gasteiger partial charge in [-0.3, -0.25) is 14.5 Å². The molecular formula is C19H19N3O4S. The summed E-state index contributed by atoms with van der Waals surface area (Å²) in [5.41, 5.74) is 1.58. The molecule has 7 nitrogen and oxygen atoms in total. The van der Waals surface area contributed by atoms with Crippen LogP contribution in [0.25, 0.3) is 0 Å². The second-order valence-electron chi connectivity index (χ2n) is 6.53. The van der Waals surface area contributed by atoms with Crippen molar-refractivity contribution in [1.82, 2.24) is 9.80 Å². The third-order valence-corrected chi connectivity index (χ3v) is 6.11. The highest BCUT2D eigenvalue weighted by molar-refractivity contribution is 7.10. The lowest BCUT2D eigenvalue weighted by molar-refractivity contribution is -0.140. The molecule has 27 heavy (non-hydrogen) atoms. The predicted octanol–water partition coefficient (Wildman–Crippen LogP) is 2.63. The lowest BCUT2D eigenvalue weighted by atomic mass is 10.0. The second-order valence-corrected chi connectivity index (χ2v) is 7.53. The van der Waals surface area contributed by atoms with E-state index in [1.807, 2.05) is 0 Å². The standard InChI is InChI=1S/C19H19N3O4S/c1-12-15-8-10-27-16(15)7-9-20(12)11-21-17(23)18(24)22(19(21)25)13-3-5-14(26-2)6-4-13/h3-6,8,10,12H,7,9,11H2,1-2H3/t12-/m0/s1. The number of ether oxygens (including phenoxy) is 1. The fourth-order valence-corrected chi connectivity index (χ4v) is 4.49. The quantitative estimate of drug-likeness (QED) is 0.598. The minimum atomic E-state index is -0.828. The van der Waals surface area contributed by atoms with E-state index in [0.717, 1.165) is 22.8 Å². The van der Waals surface area contributed by atoms with Crippen LogP contribution in [0.1, 0.15) is 23.4 Å². The Hall–Kier alpha value is -2.71. The molecule has 1 atom stereocenters. The molecule has 4 amide bonds. The number of anilines is 1. The Bertz CT molecular complexity index is 908. The number of hydrogen-bond donors (Lipinski definition) is 0. The van der Waals surface area contributed by atoms with Crippen LogP contribution in [-0.2, 0) is 16.0 Å². The van der Waals surface area contributed by atoms with Crippen molar-refractivity contribution in [3.8, 4) is 5.75 Å². The SMILES string of the molecule is COc1ccc(N2C(=O)C(=O)N(CN3CCc4sccc4[C@@H]3C)C2=O)cc1. The first-order valence-electron chi connectivity index (χ1n) is 8.65. The first-order valence-corrected chi connectivity index (χ1v) is 9.53. The van der Waals surface area contributed by atoms with Crippen LogP contribution < -0.4 is 9.64 Å². The average Bonchev–Trinajstić information content (AvgIpc) is 3.24. The van der Waals surface area contributed by atoms with Crippen molar-refractivity contribution < 1.29 is 19.1 Å². The summed E-state index contributed by atoms with van der Waals surface area (Å²) in [6.45, 7) is 2.90. The third-order valence-electron chi connectivity index (χ3n) is 5.11. The largest absolute Gasteiger partial charge is 0.497 e. The van der Waals surface area contributed by atoms with E-state index in [1.54, 1.807) is 35.6 Å². The summed E-state index contributed by atoms with van der Waals surface area (Å²) in [7, 11) is 1.53. The van der Waals surface area contributed by atoms with Crippen LogP contribution in [0.15, 0.2) is 35.7 Å². The van der Waals surface area contributed by atoms with Crippen molar-refractivity contribution in [2.75, 3.05) is 25.2 Å². The van der Waals surface area contributed by atoms with Crippen molar-refractivity contribution in [1.29, 1.82) is 0 Å². The van der Waals surface area contributed by atoms with E-state index in [-0.39, 0.29) is 12.7 Å². The van der Waals surface area contributed by atoms with Crippen molar-refractivity contribution >= 4 is 34.9 Å². The van der Waals surface area contributed by atoms with Gasteiger partial charge in [0, 0.05) is 17.5 Å². The minimum absolute atomic E-state index is 0.0886. The lowest BCUT2D eigenvalue weighted by Gasteiger charge is -2.35. The maximum Gasteiger partial charge on any atom is 0.340 e. The number of benzene rings is 1. The van der Waals surface area contributed by atoms with Crippen LogP contribution in [0.3, 0.4) is 0 Å². The molecule has 0 unspecified atom stereocenters. The molecular weight excluding hydrogens is 366 g/mol. The molecule has 2 aliphatic rings. The number of urea groups is 1. The Labute approximate surface area is 160 Å². The summed E-state index contributed by atoms with van der Waals surface area (Å²) in [6.07, 6.45) is 0.879. The van der Waals surface area contributed by atoms with Gasteiger partial charge in [-0.2, -0.15) is 0 Å². The highest BCUT2D eigenvalue weighted by Crippen LogP contribution is 2.33. The van der Waals surface area contributed by atoms with E-state index in [2.05, 4.69) is 23.3 Å². The molecule has 1 aromatic carbocycles. The number of methoxy groups -OCH3 is 1. The zero-order chi connectivity index (χ0) is 19.1. The maximum atomic E-state index is 12.8. The number of carbonyl (C=O) groups excluding carboxylic acids is 3. The molecule has 8 heteroatoms. The van der Waals surface area contributed by atoms with E-state index >= 15 is 0 Å². The fourth-order valence-electron chi connectivity index (χ4n) is 3.53. The van der Waals surface area contributed by atoms with E-state index in [9.17, 15) is 14.4 Å². The van der Waals surface area contributed by atoms with Gasteiger partial charge in [-0.05, 0) is 54.6 Å². The molecule has 4 rings (SSSR count). The molecule has 0 saturated carbocycles. The van der Waals surface area contributed by atoms with Crippen LogP contribution >= 0.6 is 11.3 Å². The van der Waals surface area contributed by atoms with Gasteiger partial charge >= 0.3 is 17.8 Å². The Morgan fingerprint density at radius 1 is 1.11 bits per heavy atom. The molecule has 0 aliphatic carbocycles. The highest BCUT2D eigenvalue weighted by atomic mass is 32.1. The van der Waals surface area contributed by atoms with Gasteiger partial charge in [0.05, 0.1) is 19.5 Å². The molecule has 1 aromatic heterocycles. The molecule has 2 aliphatic heterocycles. The van der Waals surface area contributed by atoms with E-state index in [4.69, 9.17) is 4.74 Å². The number of nitrogens with zero attached hydrogens (tertiary/aromatic N) is 3. The Morgan fingerprint density at radius 2 is 1.85 bits per heavy atom. The number of rotatable bonds is 4. The van der Waals surface area contributed by atoms with Gasteiger partial charge < -0.3 is 4.74 Å². The van der Waals surface area contributed by atoms with Crippen molar-refractivity contribution in [2.45, 2.75) is 19.4 Å². The molecule has 0 N–H and O–H groups in total. The number of fused-ring (bicyclic) bond motifs is 1. The van der Waals surface area contributed by atoms with Gasteiger partial charge in [0.15, 0.2) is 0 Å². The summed E-state index contributed by atoms with van der Waals surface area (Å²) < 4.78 is 5.09. The maximum absolute atomic E-state index is 12.8. The topological polar surface area (TPSA) is 70.2 Å². The van der Waals surface area contributed by atoms with Gasteiger partial charge in [-0.25, -0.2) is 14.6 Å².